The summed E-state index contributed by atoms with van der Waals surface area (Å²) in [5.41, 5.74) is 2.39. The molecule has 1 atom stereocenters. The molecule has 1 aromatic heterocycles. The number of carbonyl (C=O) groups is 1. The van der Waals surface area contributed by atoms with E-state index in [9.17, 15) is 14.9 Å². The molecule has 3 rings (SSSR count). The van der Waals surface area contributed by atoms with Crippen LogP contribution in [0.15, 0.2) is 18.3 Å². The van der Waals surface area contributed by atoms with Gasteiger partial charge in [0.1, 0.15) is 0 Å². The molecule has 0 saturated carbocycles. The first kappa shape index (κ1) is 14.4. The van der Waals surface area contributed by atoms with Crippen LogP contribution in [0.1, 0.15) is 35.8 Å². The van der Waals surface area contributed by atoms with Gasteiger partial charge in [-0.25, -0.2) is 10.5 Å². The first-order valence-corrected chi connectivity index (χ1v) is 6.90. The summed E-state index contributed by atoms with van der Waals surface area (Å²) < 4.78 is 7.25. The Morgan fingerprint density at radius 3 is 2.95 bits per heavy atom. The lowest BCUT2D eigenvalue weighted by molar-refractivity contribution is -0.383. The lowest BCUT2D eigenvalue weighted by Crippen LogP contribution is -2.30. The fourth-order valence-corrected chi connectivity index (χ4v) is 2.64. The average Bonchev–Trinajstić information content (AvgIpc) is 2.97. The number of carbonyl (C=O) groups excluding carboxylic acids is 1. The van der Waals surface area contributed by atoms with E-state index in [0.29, 0.717) is 17.5 Å². The summed E-state index contributed by atoms with van der Waals surface area (Å²) in [4.78, 5) is 22.4. The highest BCUT2D eigenvalue weighted by atomic mass is 16.6. The summed E-state index contributed by atoms with van der Waals surface area (Å²) in [6, 6.07) is 2.73. The number of benzene rings is 1. The van der Waals surface area contributed by atoms with Crippen LogP contribution in [0.25, 0.3) is 10.9 Å². The highest BCUT2D eigenvalue weighted by Gasteiger charge is 2.24. The second-order valence-electron chi connectivity index (χ2n) is 5.07. The first-order chi connectivity index (χ1) is 10.6. The van der Waals surface area contributed by atoms with Crippen molar-refractivity contribution in [2.75, 3.05) is 6.61 Å². The van der Waals surface area contributed by atoms with Gasteiger partial charge in [0.15, 0.2) is 6.23 Å². The summed E-state index contributed by atoms with van der Waals surface area (Å²) in [5, 5.41) is 15.8. The summed E-state index contributed by atoms with van der Waals surface area (Å²) in [7, 11) is 0. The van der Waals surface area contributed by atoms with E-state index in [-0.39, 0.29) is 17.5 Å². The summed E-state index contributed by atoms with van der Waals surface area (Å²) >= 11 is 0. The van der Waals surface area contributed by atoms with Gasteiger partial charge in [-0.2, -0.15) is 5.10 Å². The van der Waals surface area contributed by atoms with Crippen LogP contribution in [0.5, 0.6) is 0 Å². The second-order valence-corrected chi connectivity index (χ2v) is 5.07. The average molecular weight is 305 g/mol. The molecule has 3 N–H and O–H groups in total. The summed E-state index contributed by atoms with van der Waals surface area (Å²) in [6.45, 7) is 0.622. The lowest BCUT2D eigenvalue weighted by atomic mass is 10.1. The smallest absolute Gasteiger partial charge is 0.281 e. The molecular formula is C13H15N5O4. The SMILES string of the molecule is NNC(=O)c1cc([N+](=O)[O-])c2cnn(C3CCCCO3)c2c1. The van der Waals surface area contributed by atoms with Gasteiger partial charge in [0.25, 0.3) is 11.6 Å². The molecule has 1 unspecified atom stereocenters. The lowest BCUT2D eigenvalue weighted by Gasteiger charge is -2.23. The number of non-ortho nitro benzene ring substituents is 1. The van der Waals surface area contributed by atoms with Crippen LogP contribution in [0.3, 0.4) is 0 Å². The Balaban J connectivity index is 2.17. The maximum Gasteiger partial charge on any atom is 0.281 e. The van der Waals surface area contributed by atoms with E-state index in [0.717, 1.165) is 19.3 Å². The highest BCUT2D eigenvalue weighted by molar-refractivity contribution is 6.00. The number of ether oxygens (including phenoxy) is 1. The van der Waals surface area contributed by atoms with Gasteiger partial charge in [-0.05, 0) is 25.3 Å². The van der Waals surface area contributed by atoms with Crippen molar-refractivity contribution in [3.05, 3.63) is 34.0 Å². The Hall–Kier alpha value is -2.52. The van der Waals surface area contributed by atoms with Crippen molar-refractivity contribution in [1.82, 2.24) is 15.2 Å². The largest absolute Gasteiger partial charge is 0.356 e. The molecule has 0 bridgehead atoms. The number of nitro benzene ring substituents is 1. The van der Waals surface area contributed by atoms with Crippen molar-refractivity contribution < 1.29 is 14.5 Å². The number of nitrogen functional groups attached to an aromatic ring is 1. The number of hydrogen-bond donors (Lipinski definition) is 2. The van der Waals surface area contributed by atoms with Gasteiger partial charge >= 0.3 is 0 Å². The molecule has 1 saturated heterocycles. The second kappa shape index (κ2) is 5.70. The number of nitro groups is 1. The van der Waals surface area contributed by atoms with Crippen molar-refractivity contribution in [3.8, 4) is 0 Å². The predicted octanol–water partition coefficient (Wildman–Crippen LogP) is 1.25. The molecule has 1 aliphatic rings. The minimum Gasteiger partial charge on any atom is -0.356 e. The first-order valence-electron chi connectivity index (χ1n) is 6.90. The third kappa shape index (κ3) is 2.40. The van der Waals surface area contributed by atoms with Crippen molar-refractivity contribution in [1.29, 1.82) is 0 Å². The van der Waals surface area contributed by atoms with Crippen LogP contribution in [0.4, 0.5) is 5.69 Å². The Morgan fingerprint density at radius 1 is 1.50 bits per heavy atom. The summed E-state index contributed by atoms with van der Waals surface area (Å²) in [6.07, 6.45) is 3.91. The molecule has 0 radical (unpaired) electrons. The number of nitrogens with one attached hydrogen (secondary N) is 1. The maximum atomic E-state index is 11.7. The van der Waals surface area contributed by atoms with Gasteiger partial charge in [-0.1, -0.05) is 0 Å². The Morgan fingerprint density at radius 2 is 2.32 bits per heavy atom. The van der Waals surface area contributed by atoms with Crippen molar-refractivity contribution in [2.45, 2.75) is 25.5 Å². The van der Waals surface area contributed by atoms with E-state index >= 15 is 0 Å². The molecule has 116 valence electrons. The molecule has 1 fully saturated rings. The number of fused-ring (bicyclic) bond motifs is 1. The molecule has 9 nitrogen and oxygen atoms in total. The Labute approximate surface area is 125 Å². The Bertz CT molecular complexity index is 735. The van der Waals surface area contributed by atoms with Crippen LogP contribution in [0, 0.1) is 10.1 Å². The van der Waals surface area contributed by atoms with Gasteiger partial charge < -0.3 is 4.74 Å². The van der Waals surface area contributed by atoms with Crippen molar-refractivity contribution >= 4 is 22.5 Å². The van der Waals surface area contributed by atoms with Crippen LogP contribution in [0.2, 0.25) is 0 Å². The predicted molar refractivity (Wildman–Crippen MR) is 76.9 cm³/mol. The zero-order chi connectivity index (χ0) is 15.7. The third-order valence-electron chi connectivity index (χ3n) is 3.71. The zero-order valence-electron chi connectivity index (χ0n) is 11.7. The standard InChI is InChI=1S/C13H15N5O4/c14-16-13(19)8-5-10-9(11(6-8)18(20)21)7-15-17(10)12-3-1-2-4-22-12/h5-7,12H,1-4,14H2,(H,16,19). The minimum atomic E-state index is -0.595. The van der Waals surface area contributed by atoms with Crippen LogP contribution >= 0.6 is 0 Å². The van der Waals surface area contributed by atoms with Crippen LogP contribution in [-0.4, -0.2) is 27.2 Å². The fourth-order valence-electron chi connectivity index (χ4n) is 2.64. The van der Waals surface area contributed by atoms with E-state index in [1.165, 1.54) is 18.3 Å². The van der Waals surface area contributed by atoms with Crippen LogP contribution < -0.4 is 11.3 Å². The minimum absolute atomic E-state index is 0.110. The molecule has 0 aliphatic carbocycles. The highest BCUT2D eigenvalue weighted by Crippen LogP contribution is 2.31. The number of nitrogens with two attached hydrogens (primary N) is 1. The van der Waals surface area contributed by atoms with Gasteiger partial charge in [0.2, 0.25) is 0 Å². The number of nitrogens with zero attached hydrogens (tertiary/aromatic N) is 3. The molecule has 1 aromatic carbocycles. The van der Waals surface area contributed by atoms with E-state index in [1.54, 1.807) is 4.68 Å². The molecule has 2 aromatic rings. The monoisotopic (exact) mass is 305 g/mol. The van der Waals surface area contributed by atoms with Crippen molar-refractivity contribution in [3.63, 3.8) is 0 Å². The van der Waals surface area contributed by atoms with Crippen molar-refractivity contribution in [2.24, 2.45) is 5.84 Å². The van der Waals surface area contributed by atoms with Crippen LogP contribution in [-0.2, 0) is 4.74 Å². The zero-order valence-corrected chi connectivity index (χ0v) is 11.7. The van der Waals surface area contributed by atoms with E-state index in [4.69, 9.17) is 10.6 Å². The topological polar surface area (TPSA) is 125 Å². The third-order valence-corrected chi connectivity index (χ3v) is 3.71. The molecule has 1 aliphatic heterocycles. The molecule has 2 heterocycles. The normalized spacial score (nSPS) is 18.3. The quantitative estimate of drug-likeness (QED) is 0.380. The number of hydrogen-bond acceptors (Lipinski definition) is 6. The fraction of sp³-hybridized carbons (Fsp3) is 0.385. The number of rotatable bonds is 3. The molecule has 0 spiro atoms. The molecule has 1 amide bonds. The van der Waals surface area contributed by atoms with Gasteiger partial charge in [0, 0.05) is 18.2 Å². The molecular weight excluding hydrogens is 290 g/mol. The molecule has 22 heavy (non-hydrogen) atoms. The van der Waals surface area contributed by atoms with E-state index in [1.807, 2.05) is 5.43 Å². The Kier molecular flexibility index (Phi) is 3.73. The number of hydrazine groups is 1. The molecule has 9 heteroatoms. The van der Waals surface area contributed by atoms with Gasteiger partial charge in [0.05, 0.1) is 22.0 Å². The summed E-state index contributed by atoms with van der Waals surface area (Å²) in [5.74, 6) is 4.52. The van der Waals surface area contributed by atoms with E-state index < -0.39 is 10.8 Å². The number of amides is 1. The van der Waals surface area contributed by atoms with Gasteiger partial charge in [-0.15, -0.1) is 0 Å². The van der Waals surface area contributed by atoms with E-state index in [2.05, 4.69) is 5.10 Å². The maximum absolute atomic E-state index is 11.7. The number of aromatic nitrogens is 2. The van der Waals surface area contributed by atoms with Gasteiger partial charge in [-0.3, -0.25) is 20.3 Å².